The largest absolute Gasteiger partial charge is 0.478 e. The number of fused-ring (bicyclic) bond motifs is 1. The number of halogens is 1. The molecular weight excluding hydrogens is 262 g/mol. The molecule has 0 fully saturated rings. The van der Waals surface area contributed by atoms with Crippen LogP contribution in [0.5, 0.6) is 0 Å². The molecule has 1 aromatic rings. The van der Waals surface area contributed by atoms with E-state index in [9.17, 15) is 9.59 Å². The summed E-state index contributed by atoms with van der Waals surface area (Å²) >= 11 is 3.27. The van der Waals surface area contributed by atoms with Gasteiger partial charge >= 0.3 is 5.97 Å². The molecule has 0 radical (unpaired) electrons. The second-order valence-electron chi connectivity index (χ2n) is 3.04. The minimum atomic E-state index is -1.13. The topological polar surface area (TPSA) is 66.4 Å². The zero-order chi connectivity index (χ0) is 11.0. The van der Waals surface area contributed by atoms with Crippen molar-refractivity contribution in [2.45, 2.75) is 0 Å². The van der Waals surface area contributed by atoms with Crippen molar-refractivity contribution < 1.29 is 14.7 Å². The number of rotatable bonds is 1. The molecule has 2 N–H and O–H groups in total. The molecule has 5 heteroatoms. The lowest BCUT2D eigenvalue weighted by atomic mass is 10.1. The normalized spacial score (nSPS) is 16.3. The van der Waals surface area contributed by atoms with Crippen molar-refractivity contribution >= 4 is 39.1 Å². The Balaban J connectivity index is 2.56. The molecule has 0 unspecified atom stereocenters. The van der Waals surface area contributed by atoms with E-state index in [1.807, 2.05) is 0 Å². The zero-order valence-electron chi connectivity index (χ0n) is 7.45. The first-order chi connectivity index (χ1) is 7.08. The van der Waals surface area contributed by atoms with E-state index in [2.05, 4.69) is 21.2 Å². The molecular formula is C10H6BrNO3. The Kier molecular flexibility index (Phi) is 2.32. The van der Waals surface area contributed by atoms with Gasteiger partial charge in [-0.15, -0.1) is 0 Å². The third-order valence-corrected chi connectivity index (χ3v) is 2.53. The van der Waals surface area contributed by atoms with Crippen molar-refractivity contribution in [2.75, 3.05) is 5.32 Å². The first kappa shape index (κ1) is 9.92. The number of carbonyl (C=O) groups is 2. The van der Waals surface area contributed by atoms with E-state index in [4.69, 9.17) is 5.11 Å². The predicted octanol–water partition coefficient (Wildman–Crippen LogP) is 1.87. The smallest absolute Gasteiger partial charge is 0.329 e. The molecule has 0 aromatic heterocycles. The van der Waals surface area contributed by atoms with Crippen molar-refractivity contribution in [3.8, 4) is 0 Å². The fourth-order valence-corrected chi connectivity index (χ4v) is 1.79. The van der Waals surface area contributed by atoms with Gasteiger partial charge in [0.1, 0.15) is 0 Å². The fourth-order valence-electron chi connectivity index (χ4n) is 1.43. The Morgan fingerprint density at radius 2 is 2.20 bits per heavy atom. The monoisotopic (exact) mass is 267 g/mol. The molecule has 0 saturated heterocycles. The Hall–Kier alpha value is -1.62. The van der Waals surface area contributed by atoms with Gasteiger partial charge in [-0.3, -0.25) is 4.79 Å². The molecule has 0 atom stereocenters. The van der Waals surface area contributed by atoms with Crippen LogP contribution in [0.3, 0.4) is 0 Å². The Labute approximate surface area is 93.7 Å². The third-order valence-electron chi connectivity index (χ3n) is 2.03. The number of carboxylic acid groups (broad SMARTS) is 1. The highest BCUT2D eigenvalue weighted by Crippen LogP contribution is 2.33. The number of carbonyl (C=O) groups excluding carboxylic acids is 1. The molecule has 1 aliphatic heterocycles. The number of aliphatic carboxylic acids is 1. The van der Waals surface area contributed by atoms with Crippen molar-refractivity contribution in [1.82, 2.24) is 0 Å². The summed E-state index contributed by atoms with van der Waals surface area (Å²) in [5, 5.41) is 11.2. The van der Waals surface area contributed by atoms with E-state index < -0.39 is 5.97 Å². The molecule has 1 amide bonds. The van der Waals surface area contributed by atoms with Gasteiger partial charge in [0.05, 0.1) is 11.3 Å². The highest BCUT2D eigenvalue weighted by molar-refractivity contribution is 9.10. The second-order valence-corrected chi connectivity index (χ2v) is 3.96. The Bertz CT molecular complexity index is 493. The van der Waals surface area contributed by atoms with Crippen LogP contribution in [0.2, 0.25) is 0 Å². The van der Waals surface area contributed by atoms with Crippen LogP contribution in [0.15, 0.2) is 28.7 Å². The summed E-state index contributed by atoms with van der Waals surface area (Å²) < 4.78 is 0.832. The summed E-state index contributed by atoms with van der Waals surface area (Å²) in [6.07, 6.45) is 0.912. The van der Waals surface area contributed by atoms with Crippen LogP contribution in [0.25, 0.3) is 5.57 Å². The van der Waals surface area contributed by atoms with Gasteiger partial charge in [0, 0.05) is 16.1 Å². The number of nitrogens with one attached hydrogen (secondary N) is 1. The maximum atomic E-state index is 11.4. The number of hydrogen-bond donors (Lipinski definition) is 2. The van der Waals surface area contributed by atoms with Gasteiger partial charge in [0.25, 0.3) is 5.91 Å². The van der Waals surface area contributed by atoms with E-state index in [0.29, 0.717) is 11.3 Å². The molecule has 2 rings (SSSR count). The lowest BCUT2D eigenvalue weighted by Gasteiger charge is -1.97. The van der Waals surface area contributed by atoms with Crippen LogP contribution >= 0.6 is 15.9 Å². The molecule has 4 nitrogen and oxygen atoms in total. The summed E-state index contributed by atoms with van der Waals surface area (Å²) in [7, 11) is 0. The van der Waals surface area contributed by atoms with Crippen LogP contribution < -0.4 is 5.32 Å². The summed E-state index contributed by atoms with van der Waals surface area (Å²) in [5.41, 5.74) is 1.43. The summed E-state index contributed by atoms with van der Waals surface area (Å²) in [6, 6.07) is 5.19. The second kappa shape index (κ2) is 3.51. The molecule has 1 heterocycles. The first-order valence-electron chi connectivity index (χ1n) is 4.14. The van der Waals surface area contributed by atoms with Crippen molar-refractivity contribution in [3.05, 3.63) is 34.3 Å². The van der Waals surface area contributed by atoms with Gasteiger partial charge in [-0.05, 0) is 12.1 Å². The van der Waals surface area contributed by atoms with Crippen molar-refractivity contribution in [2.24, 2.45) is 0 Å². The molecule has 15 heavy (non-hydrogen) atoms. The lowest BCUT2D eigenvalue weighted by molar-refractivity contribution is -0.131. The minimum absolute atomic E-state index is 0.185. The molecule has 0 aliphatic carbocycles. The van der Waals surface area contributed by atoms with E-state index >= 15 is 0 Å². The average Bonchev–Trinajstić information content (AvgIpc) is 2.41. The highest BCUT2D eigenvalue weighted by atomic mass is 79.9. The van der Waals surface area contributed by atoms with Crippen LogP contribution in [-0.2, 0) is 9.59 Å². The fraction of sp³-hybridized carbons (Fsp3) is 0. The van der Waals surface area contributed by atoms with Gasteiger partial charge in [-0.2, -0.15) is 0 Å². The maximum absolute atomic E-state index is 11.4. The Morgan fingerprint density at radius 3 is 2.87 bits per heavy atom. The quantitative estimate of drug-likeness (QED) is 0.764. The summed E-state index contributed by atoms with van der Waals surface area (Å²) in [6.45, 7) is 0. The van der Waals surface area contributed by atoms with Crippen molar-refractivity contribution in [1.29, 1.82) is 0 Å². The summed E-state index contributed by atoms with van der Waals surface area (Å²) in [5.74, 6) is -1.51. The number of carboxylic acids is 1. The maximum Gasteiger partial charge on any atom is 0.329 e. The first-order valence-corrected chi connectivity index (χ1v) is 4.93. The molecule has 1 aromatic carbocycles. The molecule has 0 spiro atoms. The van der Waals surface area contributed by atoms with Gasteiger partial charge < -0.3 is 10.4 Å². The van der Waals surface area contributed by atoms with Gasteiger partial charge in [0.2, 0.25) is 0 Å². The number of amides is 1. The Morgan fingerprint density at radius 1 is 1.47 bits per heavy atom. The SMILES string of the molecule is O=C(O)/C=C1\C(=O)Nc2cc(Br)ccc21. The zero-order valence-corrected chi connectivity index (χ0v) is 9.04. The van der Waals surface area contributed by atoms with Gasteiger partial charge in [0.15, 0.2) is 0 Å². The van der Waals surface area contributed by atoms with Crippen molar-refractivity contribution in [3.63, 3.8) is 0 Å². The summed E-state index contributed by atoms with van der Waals surface area (Å²) in [4.78, 5) is 21.9. The molecule has 76 valence electrons. The predicted molar refractivity (Wildman–Crippen MR) is 58.4 cm³/mol. The van der Waals surface area contributed by atoms with E-state index in [1.54, 1.807) is 18.2 Å². The minimum Gasteiger partial charge on any atom is -0.478 e. The van der Waals surface area contributed by atoms with Gasteiger partial charge in [-0.1, -0.05) is 22.0 Å². The van der Waals surface area contributed by atoms with E-state index in [1.165, 1.54) is 0 Å². The standard InChI is InChI=1S/C10H6BrNO3/c11-5-1-2-6-7(4-9(13)14)10(15)12-8(6)3-5/h1-4H,(H,12,15)(H,13,14)/b7-4-. The van der Waals surface area contributed by atoms with Crippen LogP contribution in [-0.4, -0.2) is 17.0 Å². The highest BCUT2D eigenvalue weighted by Gasteiger charge is 2.24. The average molecular weight is 268 g/mol. The van der Waals surface area contributed by atoms with Crippen LogP contribution in [0.4, 0.5) is 5.69 Å². The van der Waals surface area contributed by atoms with E-state index in [-0.39, 0.29) is 11.5 Å². The number of benzene rings is 1. The molecule has 0 saturated carbocycles. The number of anilines is 1. The molecule has 1 aliphatic rings. The van der Waals surface area contributed by atoms with Crippen LogP contribution in [0.1, 0.15) is 5.56 Å². The van der Waals surface area contributed by atoms with Crippen LogP contribution in [0, 0.1) is 0 Å². The third kappa shape index (κ3) is 1.78. The van der Waals surface area contributed by atoms with E-state index in [0.717, 1.165) is 10.5 Å². The van der Waals surface area contributed by atoms with Gasteiger partial charge in [-0.25, -0.2) is 4.79 Å². The molecule has 0 bridgehead atoms. The number of hydrogen-bond acceptors (Lipinski definition) is 2. The lowest BCUT2D eigenvalue weighted by Crippen LogP contribution is -2.05.